The summed E-state index contributed by atoms with van der Waals surface area (Å²) in [6.45, 7) is 0.922. The highest BCUT2D eigenvalue weighted by Gasteiger charge is 2.26. The van der Waals surface area contributed by atoms with Crippen molar-refractivity contribution in [3.05, 3.63) is 23.8 Å². The van der Waals surface area contributed by atoms with Crippen LogP contribution >= 0.6 is 0 Å². The third-order valence-electron chi connectivity index (χ3n) is 1.34. The van der Waals surface area contributed by atoms with E-state index >= 15 is 0 Å². The number of rotatable bonds is 1. The summed E-state index contributed by atoms with van der Waals surface area (Å²) in [6.07, 6.45) is 5.27. The topological polar surface area (TPSA) is 0 Å². The number of allylic oxidation sites excluding steroid dienone is 4. The molecule has 0 aromatic rings. The van der Waals surface area contributed by atoms with Gasteiger partial charge < -0.3 is 0 Å². The summed E-state index contributed by atoms with van der Waals surface area (Å²) in [5, 5.41) is 0. The van der Waals surface area contributed by atoms with Crippen LogP contribution in [0.5, 0.6) is 0 Å². The Labute approximate surface area is 52.9 Å². The van der Waals surface area contributed by atoms with Gasteiger partial charge in [-0.1, -0.05) is 18.2 Å². The molecule has 1 aliphatic carbocycles. The van der Waals surface area contributed by atoms with Crippen molar-refractivity contribution >= 4 is 0 Å². The average molecular weight is 130 g/mol. The molecule has 0 bridgehead atoms. The largest absolute Gasteiger partial charge is 0.267 e. The van der Waals surface area contributed by atoms with Crippen LogP contribution in [0.25, 0.3) is 0 Å². The van der Waals surface area contributed by atoms with Gasteiger partial charge in [-0.15, -0.1) is 0 Å². The molecule has 0 N–H and O–H groups in total. The highest BCUT2D eigenvalue weighted by Crippen LogP contribution is 2.28. The van der Waals surface area contributed by atoms with E-state index in [9.17, 15) is 8.78 Å². The Kier molecular flexibility index (Phi) is 1.39. The van der Waals surface area contributed by atoms with Gasteiger partial charge in [0, 0.05) is 12.5 Å². The quantitative estimate of drug-likeness (QED) is 0.511. The molecule has 1 aliphatic rings. The summed E-state index contributed by atoms with van der Waals surface area (Å²) in [5.41, 5.74) is 0.211. The van der Waals surface area contributed by atoms with Gasteiger partial charge >= 0.3 is 0 Å². The minimum absolute atomic E-state index is 0.211. The summed E-state index contributed by atoms with van der Waals surface area (Å²) >= 11 is 0. The highest BCUT2D eigenvalue weighted by molar-refractivity contribution is 5.27. The molecule has 0 saturated heterocycles. The van der Waals surface area contributed by atoms with Crippen molar-refractivity contribution in [1.29, 1.82) is 0 Å². The fraction of sp³-hybridized carbons (Fsp3) is 0.429. The maximum absolute atomic E-state index is 12.3. The van der Waals surface area contributed by atoms with Gasteiger partial charge in [-0.2, -0.15) is 0 Å². The molecule has 0 saturated carbocycles. The minimum Gasteiger partial charge on any atom is -0.202 e. The van der Waals surface area contributed by atoms with E-state index in [0.717, 1.165) is 6.92 Å². The fourth-order valence-electron chi connectivity index (χ4n) is 0.773. The van der Waals surface area contributed by atoms with E-state index in [1.54, 1.807) is 12.2 Å². The Hall–Kier alpha value is -0.660. The zero-order valence-corrected chi connectivity index (χ0v) is 5.20. The average Bonchev–Trinajstić information content (AvgIpc) is 2.08. The van der Waals surface area contributed by atoms with Crippen LogP contribution in [0.3, 0.4) is 0 Å². The molecular formula is C7H8F2. The van der Waals surface area contributed by atoms with Crippen molar-refractivity contribution < 1.29 is 8.78 Å². The molecule has 0 atom stereocenters. The summed E-state index contributed by atoms with van der Waals surface area (Å²) < 4.78 is 24.6. The van der Waals surface area contributed by atoms with Gasteiger partial charge in [0.2, 0.25) is 0 Å². The summed E-state index contributed by atoms with van der Waals surface area (Å²) in [4.78, 5) is 0. The van der Waals surface area contributed by atoms with Crippen molar-refractivity contribution in [2.75, 3.05) is 0 Å². The van der Waals surface area contributed by atoms with Gasteiger partial charge in [-0.05, 0) is 6.42 Å². The van der Waals surface area contributed by atoms with Crippen LogP contribution in [-0.4, -0.2) is 5.92 Å². The minimum atomic E-state index is -2.62. The lowest BCUT2D eigenvalue weighted by Crippen LogP contribution is -2.11. The van der Waals surface area contributed by atoms with Crippen molar-refractivity contribution in [2.24, 2.45) is 0 Å². The van der Waals surface area contributed by atoms with Crippen molar-refractivity contribution in [3.63, 3.8) is 0 Å². The Morgan fingerprint density at radius 1 is 1.56 bits per heavy atom. The van der Waals surface area contributed by atoms with E-state index in [0.29, 0.717) is 6.42 Å². The molecule has 9 heavy (non-hydrogen) atoms. The predicted molar refractivity (Wildman–Crippen MR) is 32.5 cm³/mol. The zero-order valence-electron chi connectivity index (χ0n) is 5.20. The van der Waals surface area contributed by atoms with Crippen molar-refractivity contribution in [3.8, 4) is 0 Å². The maximum Gasteiger partial charge on any atom is 0.267 e. The van der Waals surface area contributed by atoms with Crippen LogP contribution in [0.1, 0.15) is 13.3 Å². The second kappa shape index (κ2) is 1.94. The molecule has 0 aliphatic heterocycles. The first-order valence-electron chi connectivity index (χ1n) is 2.85. The van der Waals surface area contributed by atoms with Gasteiger partial charge in [0.05, 0.1) is 0 Å². The molecule has 0 fully saturated rings. The van der Waals surface area contributed by atoms with Crippen LogP contribution in [0.15, 0.2) is 23.8 Å². The lowest BCUT2D eigenvalue weighted by molar-refractivity contribution is 0.0618. The molecule has 1 rings (SSSR count). The normalized spacial score (nSPS) is 18.3. The van der Waals surface area contributed by atoms with E-state index < -0.39 is 5.92 Å². The maximum atomic E-state index is 12.3. The predicted octanol–water partition coefficient (Wildman–Crippen LogP) is 2.53. The molecule has 0 aromatic heterocycles. The molecule has 50 valence electrons. The van der Waals surface area contributed by atoms with Gasteiger partial charge in [0.15, 0.2) is 0 Å². The van der Waals surface area contributed by atoms with E-state index in [-0.39, 0.29) is 5.57 Å². The summed E-state index contributed by atoms with van der Waals surface area (Å²) in [5.74, 6) is -2.62. The zero-order chi connectivity index (χ0) is 6.91. The smallest absolute Gasteiger partial charge is 0.202 e. The number of halogens is 2. The third-order valence-corrected chi connectivity index (χ3v) is 1.34. The SMILES string of the molecule is CC(F)(F)C1=CC=CC1. The van der Waals surface area contributed by atoms with E-state index in [1.807, 2.05) is 0 Å². The van der Waals surface area contributed by atoms with E-state index in [4.69, 9.17) is 0 Å². The molecule has 0 spiro atoms. The van der Waals surface area contributed by atoms with Crippen molar-refractivity contribution in [2.45, 2.75) is 19.3 Å². The second-order valence-corrected chi connectivity index (χ2v) is 2.21. The first-order valence-corrected chi connectivity index (χ1v) is 2.85. The number of alkyl halides is 2. The monoisotopic (exact) mass is 130 g/mol. The van der Waals surface area contributed by atoms with Crippen LogP contribution in [0.2, 0.25) is 0 Å². The summed E-state index contributed by atoms with van der Waals surface area (Å²) in [7, 11) is 0. The van der Waals surface area contributed by atoms with Gasteiger partial charge in [-0.25, -0.2) is 8.78 Å². The molecule has 0 heterocycles. The van der Waals surface area contributed by atoms with E-state index in [1.165, 1.54) is 6.08 Å². The van der Waals surface area contributed by atoms with Gasteiger partial charge in [-0.3, -0.25) is 0 Å². The Morgan fingerprint density at radius 3 is 2.44 bits per heavy atom. The standard InChI is InChI=1S/C7H8F2/c1-7(8,9)6-4-2-3-5-6/h2-4H,5H2,1H3. The second-order valence-electron chi connectivity index (χ2n) is 2.21. The Morgan fingerprint density at radius 2 is 2.22 bits per heavy atom. The van der Waals surface area contributed by atoms with Gasteiger partial charge in [0.25, 0.3) is 5.92 Å². The van der Waals surface area contributed by atoms with Crippen LogP contribution in [-0.2, 0) is 0 Å². The lowest BCUT2D eigenvalue weighted by Gasteiger charge is -2.09. The number of hydrogen-bond donors (Lipinski definition) is 0. The molecular weight excluding hydrogens is 122 g/mol. The first kappa shape index (κ1) is 6.46. The Bertz CT molecular complexity index is 160. The van der Waals surface area contributed by atoms with E-state index in [2.05, 4.69) is 0 Å². The van der Waals surface area contributed by atoms with Crippen LogP contribution < -0.4 is 0 Å². The van der Waals surface area contributed by atoms with Crippen molar-refractivity contribution in [1.82, 2.24) is 0 Å². The molecule has 0 aromatic carbocycles. The molecule has 2 heteroatoms. The third kappa shape index (κ3) is 1.37. The highest BCUT2D eigenvalue weighted by atomic mass is 19.3. The molecule has 0 unspecified atom stereocenters. The molecule has 0 amide bonds. The fourth-order valence-corrected chi connectivity index (χ4v) is 0.773. The molecule has 0 radical (unpaired) electrons. The van der Waals surface area contributed by atoms with Crippen LogP contribution in [0, 0.1) is 0 Å². The summed E-state index contributed by atoms with van der Waals surface area (Å²) in [6, 6.07) is 0. The Balaban J connectivity index is 2.66. The number of hydrogen-bond acceptors (Lipinski definition) is 0. The van der Waals surface area contributed by atoms with Gasteiger partial charge in [0.1, 0.15) is 0 Å². The first-order chi connectivity index (χ1) is 4.11. The van der Waals surface area contributed by atoms with Crippen LogP contribution in [0.4, 0.5) is 8.78 Å². The lowest BCUT2D eigenvalue weighted by atomic mass is 10.1. The molecule has 0 nitrogen and oxygen atoms in total.